The Kier molecular flexibility index (Phi) is 33.4. The van der Waals surface area contributed by atoms with Crippen LogP contribution >= 0.6 is 7.82 Å². The van der Waals surface area contributed by atoms with E-state index in [-0.39, 0.29) is 50.1 Å². The highest BCUT2D eigenvalue weighted by molar-refractivity contribution is 7.45. The number of likely N-dealkylation sites (N-methyl/N-ethyl adjacent to an activating group) is 1. The normalized spacial score (nSPS) is 19.4. The van der Waals surface area contributed by atoms with Crippen molar-refractivity contribution in [3.8, 4) is 0 Å². The molecule has 0 spiro atoms. The molecule has 0 aromatic carbocycles. The highest BCUT2D eigenvalue weighted by Gasteiger charge is 2.39. The molecule has 0 aromatic rings. The lowest BCUT2D eigenvalue weighted by molar-refractivity contribution is -0.870. The Bertz CT molecular complexity index is 1460. The minimum Gasteiger partial charge on any atom is -0.756 e. The van der Waals surface area contributed by atoms with Gasteiger partial charge in [0.1, 0.15) is 25.5 Å². The summed E-state index contributed by atoms with van der Waals surface area (Å²) in [5.74, 6) is -1.81. The number of carbonyl (C=O) groups is 3. The number of carbonyl (C=O) groups excluding carboxylic acids is 3. The van der Waals surface area contributed by atoms with Crippen molar-refractivity contribution in [2.45, 2.75) is 167 Å². The van der Waals surface area contributed by atoms with Crippen LogP contribution in [-0.4, -0.2) is 98.2 Å². The first-order valence-electron chi connectivity index (χ1n) is 23.7. The molecule has 0 heterocycles. The molecule has 1 unspecified atom stereocenters. The van der Waals surface area contributed by atoms with Crippen LogP contribution in [0, 0.1) is 11.8 Å². The number of hydrogen-bond donors (Lipinski definition) is 2. The molecule has 0 aromatic heterocycles. The monoisotopic (exact) mass is 906 g/mol. The van der Waals surface area contributed by atoms with E-state index in [2.05, 4.69) is 62.5 Å². The smallest absolute Gasteiger partial charge is 0.306 e. The van der Waals surface area contributed by atoms with Gasteiger partial charge in [0.15, 0.2) is 6.10 Å². The van der Waals surface area contributed by atoms with E-state index in [0.717, 1.165) is 57.8 Å². The van der Waals surface area contributed by atoms with E-state index in [1.807, 2.05) is 33.3 Å². The molecule has 63 heavy (non-hydrogen) atoms. The number of unbranched alkanes of at least 4 members (excludes halogenated alkanes) is 9. The van der Waals surface area contributed by atoms with Crippen molar-refractivity contribution in [1.29, 1.82) is 0 Å². The minimum atomic E-state index is -4.71. The van der Waals surface area contributed by atoms with E-state index in [0.29, 0.717) is 43.1 Å². The molecule has 1 saturated carbocycles. The van der Waals surface area contributed by atoms with Gasteiger partial charge in [0.05, 0.1) is 40.0 Å². The van der Waals surface area contributed by atoms with Crippen LogP contribution in [0.5, 0.6) is 0 Å². The highest BCUT2D eigenvalue weighted by atomic mass is 31.2. The van der Waals surface area contributed by atoms with Gasteiger partial charge in [-0.1, -0.05) is 125 Å². The number of phosphoric ester groups is 1. The van der Waals surface area contributed by atoms with Gasteiger partial charge in [-0.2, -0.15) is 0 Å². The van der Waals surface area contributed by atoms with Crippen LogP contribution in [0.1, 0.15) is 149 Å². The highest BCUT2D eigenvalue weighted by Crippen LogP contribution is 2.38. The third kappa shape index (κ3) is 33.2. The fraction of sp³-hybridized carbons (Fsp3) is 0.700. The maximum absolute atomic E-state index is 12.7. The average molecular weight is 906 g/mol. The molecular weight excluding hydrogens is 822 g/mol. The molecule has 1 fully saturated rings. The summed E-state index contributed by atoms with van der Waals surface area (Å²) in [4.78, 5) is 50.4. The lowest BCUT2D eigenvalue weighted by Gasteiger charge is -2.28. The fourth-order valence-corrected chi connectivity index (χ4v) is 7.46. The Balaban J connectivity index is 2.50. The molecule has 0 amide bonds. The van der Waals surface area contributed by atoms with Crippen LogP contribution in [0.2, 0.25) is 0 Å². The maximum Gasteiger partial charge on any atom is 0.306 e. The van der Waals surface area contributed by atoms with E-state index >= 15 is 0 Å². The van der Waals surface area contributed by atoms with Crippen LogP contribution in [0.15, 0.2) is 72.9 Å². The number of aliphatic hydroxyl groups excluding tert-OH is 2. The largest absolute Gasteiger partial charge is 0.756 e. The third-order valence-electron chi connectivity index (χ3n) is 10.6. The Labute approximate surface area is 380 Å². The van der Waals surface area contributed by atoms with Gasteiger partial charge in [-0.3, -0.25) is 18.9 Å². The van der Waals surface area contributed by atoms with Crippen molar-refractivity contribution in [3.05, 3.63) is 72.9 Å². The van der Waals surface area contributed by atoms with Crippen molar-refractivity contribution in [2.75, 3.05) is 47.5 Å². The summed E-state index contributed by atoms with van der Waals surface area (Å²) in [5.41, 5.74) is 0. The third-order valence-corrected chi connectivity index (χ3v) is 11.5. The summed E-state index contributed by atoms with van der Waals surface area (Å²) in [6.45, 7) is 3.73. The molecule has 1 aliphatic rings. The van der Waals surface area contributed by atoms with Crippen molar-refractivity contribution in [3.63, 3.8) is 0 Å². The Morgan fingerprint density at radius 1 is 0.762 bits per heavy atom. The lowest BCUT2D eigenvalue weighted by atomic mass is 9.90. The molecule has 0 saturated heterocycles. The van der Waals surface area contributed by atoms with Crippen molar-refractivity contribution < 1.29 is 57.1 Å². The molecule has 12 nitrogen and oxygen atoms in total. The minimum absolute atomic E-state index is 0.00703. The van der Waals surface area contributed by atoms with Gasteiger partial charge < -0.3 is 38.1 Å². The second kappa shape index (κ2) is 36.3. The summed E-state index contributed by atoms with van der Waals surface area (Å²) >= 11 is 0. The SMILES string of the molecule is CCCCC/C=C\C/C=C\C/C=C\C/C=C\CCCCCC(=O)O[C@H](COC(=O)CCC/C=C\C[C@H]1C(=O)C[C@@H](O)[C@@H]1/C=C/[C@@H](O)CCCCC)COP(=O)([O-])OCC[N+](C)(C)C. The molecule has 1 aliphatic carbocycles. The topological polar surface area (TPSA) is 169 Å². The molecular formula is C50H84NO11P. The number of quaternary nitrogens is 1. The van der Waals surface area contributed by atoms with Gasteiger partial charge in [0, 0.05) is 31.1 Å². The number of rotatable bonds is 38. The van der Waals surface area contributed by atoms with Gasteiger partial charge in [-0.05, 0) is 77.0 Å². The fourth-order valence-electron chi connectivity index (χ4n) is 6.74. The number of hydrogen-bond acceptors (Lipinski definition) is 11. The second-order valence-electron chi connectivity index (χ2n) is 17.5. The van der Waals surface area contributed by atoms with Crippen LogP contribution in [-0.2, 0) is 37.5 Å². The van der Waals surface area contributed by atoms with Gasteiger partial charge >= 0.3 is 11.9 Å². The van der Waals surface area contributed by atoms with E-state index < -0.39 is 44.7 Å². The maximum atomic E-state index is 12.7. The molecule has 0 bridgehead atoms. The first-order valence-corrected chi connectivity index (χ1v) is 25.2. The van der Waals surface area contributed by atoms with Crippen LogP contribution in [0.3, 0.4) is 0 Å². The van der Waals surface area contributed by atoms with Crippen molar-refractivity contribution >= 4 is 25.5 Å². The Morgan fingerprint density at radius 2 is 1.33 bits per heavy atom. The molecule has 360 valence electrons. The number of ketones is 1. The zero-order valence-electron chi connectivity index (χ0n) is 39.5. The zero-order chi connectivity index (χ0) is 46.6. The second-order valence-corrected chi connectivity index (χ2v) is 19.0. The first-order chi connectivity index (χ1) is 30.2. The molecule has 1 rings (SSSR count). The van der Waals surface area contributed by atoms with E-state index in [1.54, 1.807) is 12.2 Å². The predicted octanol–water partition coefficient (Wildman–Crippen LogP) is 9.76. The number of ether oxygens (including phenoxy) is 2. The van der Waals surface area contributed by atoms with E-state index in [4.69, 9.17) is 18.5 Å². The number of nitrogens with zero attached hydrogens (tertiary/aromatic N) is 1. The van der Waals surface area contributed by atoms with Crippen LogP contribution in [0.4, 0.5) is 0 Å². The van der Waals surface area contributed by atoms with Crippen LogP contribution in [0.25, 0.3) is 0 Å². The summed E-state index contributed by atoms with van der Waals surface area (Å²) < 4.78 is 33.8. The van der Waals surface area contributed by atoms with E-state index in [9.17, 15) is 34.1 Å². The molecule has 6 atom stereocenters. The number of phosphoric acid groups is 1. The summed E-state index contributed by atoms with van der Waals surface area (Å²) in [6, 6.07) is 0. The number of Topliss-reactive ketones (excluding diaryl/α,β-unsaturated/α-hetero) is 1. The summed E-state index contributed by atoms with van der Waals surface area (Å²) in [6.07, 6.45) is 38.6. The first kappa shape index (κ1) is 58.1. The predicted molar refractivity (Wildman–Crippen MR) is 250 cm³/mol. The molecule has 0 aliphatic heterocycles. The Hall–Kier alpha value is -2.96. The summed E-state index contributed by atoms with van der Waals surface area (Å²) in [5, 5.41) is 20.7. The van der Waals surface area contributed by atoms with Crippen molar-refractivity contribution in [1.82, 2.24) is 0 Å². The molecule has 0 radical (unpaired) electrons. The molecule has 2 N–H and O–H groups in total. The number of aliphatic hydroxyl groups is 2. The number of allylic oxidation sites excluding steroid dienone is 10. The number of esters is 2. The van der Waals surface area contributed by atoms with E-state index in [1.165, 1.54) is 25.7 Å². The van der Waals surface area contributed by atoms with Gasteiger partial charge in [0.25, 0.3) is 7.82 Å². The molecule has 13 heteroatoms. The summed E-state index contributed by atoms with van der Waals surface area (Å²) in [7, 11) is 0.984. The average Bonchev–Trinajstić information content (AvgIpc) is 3.50. The standard InChI is InChI=1S/C50H84NO11P/c1-6-8-10-11-12-13-14-15-16-17-18-19-20-21-22-23-24-25-31-35-50(56)62-44(42-61-63(57,58)60-39-38-51(3,4)5)41-59-49(55)34-30-27-26-29-33-45-46(48(54)40-47(45)53)37-36-43(52)32-28-9-7-2/h12-13,15-16,18-19,21-22,26,29,36-37,43-46,48,52,54H,6-11,14,17,20,23-25,27-28,30-35,38-42H2,1-5H3/b13-12-,16-15-,19-18-,22-21-,29-26-,37-36+/t43-,44+,45+,46+,48+/m0/s1. The van der Waals surface area contributed by atoms with Gasteiger partial charge in [0.2, 0.25) is 0 Å². The van der Waals surface area contributed by atoms with Gasteiger partial charge in [-0.15, -0.1) is 0 Å². The lowest BCUT2D eigenvalue weighted by Crippen LogP contribution is -2.37. The zero-order valence-corrected chi connectivity index (χ0v) is 40.4. The quantitative estimate of drug-likeness (QED) is 0.0199. The van der Waals surface area contributed by atoms with Crippen molar-refractivity contribution in [2.24, 2.45) is 11.8 Å². The van der Waals surface area contributed by atoms with Gasteiger partial charge in [-0.25, -0.2) is 0 Å². The van der Waals surface area contributed by atoms with Crippen LogP contribution < -0.4 is 4.89 Å². The Morgan fingerprint density at radius 3 is 1.97 bits per heavy atom.